The first-order valence-electron chi connectivity index (χ1n) is 10.1. The van der Waals surface area contributed by atoms with Gasteiger partial charge in [-0.3, -0.25) is 14.5 Å². The Kier molecular flexibility index (Phi) is 6.63. The summed E-state index contributed by atoms with van der Waals surface area (Å²) in [7, 11) is 0. The Labute approximate surface area is 182 Å². The average Bonchev–Trinajstić information content (AvgIpc) is 3.32. The highest BCUT2D eigenvalue weighted by Crippen LogP contribution is 2.34. The minimum atomic E-state index is -0.452. The zero-order chi connectivity index (χ0) is 20.5. The number of amides is 2. The molecule has 0 saturated carbocycles. The van der Waals surface area contributed by atoms with E-state index in [0.717, 1.165) is 24.1 Å². The van der Waals surface area contributed by atoms with E-state index in [4.69, 9.17) is 11.5 Å². The quantitative estimate of drug-likeness (QED) is 0.671. The molecule has 2 unspecified atom stereocenters. The molecule has 5 N–H and O–H groups in total. The maximum absolute atomic E-state index is 13.0. The van der Waals surface area contributed by atoms with Crippen LogP contribution in [-0.4, -0.2) is 40.3 Å². The number of anilines is 1. The highest BCUT2D eigenvalue weighted by molar-refractivity contribution is 5.85. The van der Waals surface area contributed by atoms with Gasteiger partial charge >= 0.3 is 0 Å². The van der Waals surface area contributed by atoms with Crippen molar-refractivity contribution in [2.75, 3.05) is 12.3 Å². The molecule has 1 aromatic heterocycles. The van der Waals surface area contributed by atoms with Gasteiger partial charge in [0.15, 0.2) is 0 Å². The summed E-state index contributed by atoms with van der Waals surface area (Å²) in [5, 5.41) is 3.13. The molecule has 1 aliphatic heterocycles. The fourth-order valence-electron chi connectivity index (χ4n) is 4.61. The first-order chi connectivity index (χ1) is 13.9. The lowest BCUT2D eigenvalue weighted by Crippen LogP contribution is -2.51. The summed E-state index contributed by atoms with van der Waals surface area (Å²) in [6, 6.07) is 12.8. The van der Waals surface area contributed by atoms with Crippen LogP contribution in [0.4, 0.5) is 5.82 Å². The molecule has 7 nitrogen and oxygen atoms in total. The van der Waals surface area contributed by atoms with Crippen molar-refractivity contribution in [3.63, 3.8) is 0 Å². The van der Waals surface area contributed by atoms with E-state index in [-0.39, 0.29) is 36.2 Å². The van der Waals surface area contributed by atoms with Crippen LogP contribution in [0.15, 0.2) is 42.5 Å². The number of carbonyl (C=O) groups is 2. The molecule has 2 aromatic rings. The Bertz CT molecular complexity index is 923. The second-order valence-electron chi connectivity index (χ2n) is 8.01. The topological polar surface area (TPSA) is 114 Å². The molecule has 160 valence electrons. The van der Waals surface area contributed by atoms with Gasteiger partial charge in [-0.25, -0.2) is 4.98 Å². The highest BCUT2D eigenvalue weighted by atomic mass is 35.5. The van der Waals surface area contributed by atoms with Gasteiger partial charge in [-0.2, -0.15) is 0 Å². The largest absolute Gasteiger partial charge is 0.384 e. The van der Waals surface area contributed by atoms with Crippen molar-refractivity contribution in [2.45, 2.75) is 50.2 Å². The molecule has 0 spiro atoms. The predicted molar refractivity (Wildman–Crippen MR) is 118 cm³/mol. The van der Waals surface area contributed by atoms with Crippen LogP contribution in [-0.2, 0) is 16.0 Å². The van der Waals surface area contributed by atoms with Crippen molar-refractivity contribution >= 4 is 30.0 Å². The van der Waals surface area contributed by atoms with Crippen LogP contribution in [0.1, 0.15) is 48.5 Å². The number of halogens is 1. The van der Waals surface area contributed by atoms with Gasteiger partial charge in [-0.05, 0) is 49.3 Å². The van der Waals surface area contributed by atoms with E-state index in [0.29, 0.717) is 18.8 Å². The average molecular weight is 430 g/mol. The van der Waals surface area contributed by atoms with E-state index in [1.165, 1.54) is 5.56 Å². The number of aromatic nitrogens is 1. The maximum atomic E-state index is 13.0. The summed E-state index contributed by atoms with van der Waals surface area (Å²) < 4.78 is 0. The van der Waals surface area contributed by atoms with Gasteiger partial charge in [0.2, 0.25) is 11.8 Å². The number of hydrogen-bond acceptors (Lipinski definition) is 5. The van der Waals surface area contributed by atoms with Crippen molar-refractivity contribution in [1.82, 2.24) is 15.2 Å². The fraction of sp³-hybridized carbons (Fsp3) is 0.409. The molecular formula is C22H28ClN5O2. The van der Waals surface area contributed by atoms with E-state index in [1.54, 1.807) is 6.07 Å². The molecule has 1 fully saturated rings. The van der Waals surface area contributed by atoms with E-state index < -0.39 is 12.1 Å². The van der Waals surface area contributed by atoms with Crippen molar-refractivity contribution in [3.8, 4) is 0 Å². The number of benzene rings is 1. The Morgan fingerprint density at radius 1 is 1.20 bits per heavy atom. The molecule has 0 bridgehead atoms. The zero-order valence-corrected chi connectivity index (χ0v) is 17.8. The number of nitrogens with one attached hydrogen (secondary N) is 1. The lowest BCUT2D eigenvalue weighted by atomic mass is 9.96. The van der Waals surface area contributed by atoms with Gasteiger partial charge in [0, 0.05) is 12.2 Å². The van der Waals surface area contributed by atoms with Gasteiger partial charge in [0.25, 0.3) is 0 Å². The molecule has 2 aliphatic rings. The summed E-state index contributed by atoms with van der Waals surface area (Å²) >= 11 is 0. The third kappa shape index (κ3) is 4.27. The summed E-state index contributed by atoms with van der Waals surface area (Å²) in [4.78, 5) is 31.4. The third-order valence-corrected chi connectivity index (χ3v) is 6.21. The molecule has 8 heteroatoms. The predicted octanol–water partition coefficient (Wildman–Crippen LogP) is 1.92. The first-order valence-corrected chi connectivity index (χ1v) is 10.1. The summed E-state index contributed by atoms with van der Waals surface area (Å²) in [5.41, 5.74) is 14.6. The van der Waals surface area contributed by atoms with Crippen molar-refractivity contribution in [1.29, 1.82) is 0 Å². The number of aryl methyl sites for hydroxylation is 1. The van der Waals surface area contributed by atoms with Crippen LogP contribution in [0, 0.1) is 0 Å². The number of pyridine rings is 1. The van der Waals surface area contributed by atoms with Gasteiger partial charge in [0.05, 0.1) is 18.1 Å². The Morgan fingerprint density at radius 2 is 1.93 bits per heavy atom. The number of hydrogen-bond donors (Lipinski definition) is 3. The Balaban J connectivity index is 0.00000256. The normalized spacial score (nSPS) is 24.0. The van der Waals surface area contributed by atoms with E-state index in [2.05, 4.69) is 22.4 Å². The van der Waals surface area contributed by atoms with Crippen LogP contribution in [0.25, 0.3) is 0 Å². The molecule has 4 atom stereocenters. The van der Waals surface area contributed by atoms with Crippen LogP contribution < -0.4 is 16.8 Å². The first kappa shape index (κ1) is 22.1. The number of nitrogens with zero attached hydrogens (tertiary/aromatic N) is 2. The monoisotopic (exact) mass is 429 g/mol. The standard InChI is InChI=1S/C22H27N5O2.ClH/c1-13(22(29)26-18-9-8-17-16(18)7-10-20(23)25-17)27-12-15(11-19(27)21(24)28)14-5-3-2-4-6-14;/h2-7,10,13,15,18-19H,8-9,11-12H2,1H3,(H2,23,25)(H2,24,28)(H,26,29);1H/t13-,15?,18-,19?;/m0./s1. The summed E-state index contributed by atoms with van der Waals surface area (Å²) in [6.07, 6.45) is 2.23. The zero-order valence-electron chi connectivity index (χ0n) is 17.0. The van der Waals surface area contributed by atoms with E-state index in [9.17, 15) is 9.59 Å². The van der Waals surface area contributed by atoms with Crippen LogP contribution in [0.5, 0.6) is 0 Å². The number of rotatable bonds is 5. The van der Waals surface area contributed by atoms with E-state index >= 15 is 0 Å². The second kappa shape index (κ2) is 9.02. The number of primary amides is 1. The molecule has 4 rings (SSSR count). The van der Waals surface area contributed by atoms with Gasteiger partial charge in [0.1, 0.15) is 5.82 Å². The minimum Gasteiger partial charge on any atom is -0.384 e. The van der Waals surface area contributed by atoms with Gasteiger partial charge in [-0.1, -0.05) is 36.4 Å². The Hall–Kier alpha value is -2.64. The number of carbonyl (C=O) groups excluding carboxylic acids is 2. The number of likely N-dealkylation sites (tertiary alicyclic amines) is 1. The van der Waals surface area contributed by atoms with E-state index in [1.807, 2.05) is 36.1 Å². The number of fused-ring (bicyclic) bond motifs is 1. The van der Waals surface area contributed by atoms with Crippen LogP contribution >= 0.6 is 12.4 Å². The maximum Gasteiger partial charge on any atom is 0.237 e. The molecule has 1 saturated heterocycles. The third-order valence-electron chi connectivity index (χ3n) is 6.21. The van der Waals surface area contributed by atoms with Gasteiger partial charge in [-0.15, -0.1) is 12.4 Å². The van der Waals surface area contributed by atoms with Crippen LogP contribution in [0.2, 0.25) is 0 Å². The molecule has 1 aliphatic carbocycles. The molecular weight excluding hydrogens is 402 g/mol. The van der Waals surface area contributed by atoms with Crippen molar-refractivity contribution in [2.24, 2.45) is 5.73 Å². The SMILES string of the molecule is C[C@@H](C(=O)N[C@H]1CCc2nc(N)ccc21)N1CC(c2ccccc2)CC1C(N)=O.Cl. The molecule has 30 heavy (non-hydrogen) atoms. The lowest BCUT2D eigenvalue weighted by molar-refractivity contribution is -0.129. The highest BCUT2D eigenvalue weighted by Gasteiger charge is 2.41. The molecule has 2 heterocycles. The molecule has 0 radical (unpaired) electrons. The number of nitrogen functional groups attached to an aromatic ring is 1. The van der Waals surface area contributed by atoms with Gasteiger partial charge < -0.3 is 16.8 Å². The number of nitrogens with two attached hydrogens (primary N) is 2. The lowest BCUT2D eigenvalue weighted by Gasteiger charge is -2.29. The fourth-order valence-corrected chi connectivity index (χ4v) is 4.61. The van der Waals surface area contributed by atoms with Crippen molar-refractivity contribution in [3.05, 3.63) is 59.3 Å². The molecule has 2 amide bonds. The minimum absolute atomic E-state index is 0. The summed E-state index contributed by atoms with van der Waals surface area (Å²) in [6.45, 7) is 2.47. The summed E-state index contributed by atoms with van der Waals surface area (Å²) in [5.74, 6) is 0.203. The molecule has 1 aromatic carbocycles. The van der Waals surface area contributed by atoms with Crippen molar-refractivity contribution < 1.29 is 9.59 Å². The smallest absolute Gasteiger partial charge is 0.237 e. The van der Waals surface area contributed by atoms with Crippen LogP contribution in [0.3, 0.4) is 0 Å². The Morgan fingerprint density at radius 3 is 2.63 bits per heavy atom. The second-order valence-corrected chi connectivity index (χ2v) is 8.01.